The average Bonchev–Trinajstić information content (AvgIpc) is 1.85. The molecule has 1 aliphatic rings. The Labute approximate surface area is 50.9 Å². The van der Waals surface area contributed by atoms with Crippen LogP contribution in [0.1, 0.15) is 13.3 Å². The molecule has 1 N–H and O–H groups in total. The number of aliphatic hydroxyl groups excluding tert-OH is 1. The molecular formula is C5H10BNO. The van der Waals surface area contributed by atoms with Crippen LogP contribution in [0.25, 0.3) is 0 Å². The highest BCUT2D eigenvalue weighted by Crippen LogP contribution is 2.13. The van der Waals surface area contributed by atoms with Gasteiger partial charge in [0.25, 0.3) is 0 Å². The van der Waals surface area contributed by atoms with Crippen LogP contribution < -0.4 is 0 Å². The number of rotatable bonds is 0. The largest absolute Gasteiger partial charge is 0.392 e. The van der Waals surface area contributed by atoms with Gasteiger partial charge in [-0.1, -0.05) is 6.92 Å². The van der Waals surface area contributed by atoms with Crippen molar-refractivity contribution in [3.05, 3.63) is 0 Å². The smallest absolute Gasteiger partial charge is 0.182 e. The molecule has 2 nitrogen and oxygen atoms in total. The van der Waals surface area contributed by atoms with Crippen LogP contribution in [-0.2, 0) is 0 Å². The second-order valence-electron chi connectivity index (χ2n) is 2.44. The highest BCUT2D eigenvalue weighted by atomic mass is 16.3. The van der Waals surface area contributed by atoms with Crippen LogP contribution in [0.3, 0.4) is 0 Å². The van der Waals surface area contributed by atoms with Crippen molar-refractivity contribution in [1.29, 1.82) is 0 Å². The third-order valence-electron chi connectivity index (χ3n) is 1.60. The Morgan fingerprint density at radius 3 is 2.50 bits per heavy atom. The van der Waals surface area contributed by atoms with E-state index >= 15 is 0 Å². The van der Waals surface area contributed by atoms with Crippen LogP contribution in [0.15, 0.2) is 0 Å². The molecule has 2 atom stereocenters. The number of hydrogen-bond donors (Lipinski definition) is 1. The standard InChI is InChI=1S/C5H10BNO/c1-4-2-5(8)3-7(4)6/h4-5,8H,2-3H2,1H3/t4-,5-/m1/s1. The second kappa shape index (κ2) is 2.07. The second-order valence-corrected chi connectivity index (χ2v) is 2.44. The first-order chi connectivity index (χ1) is 3.70. The molecule has 1 fully saturated rings. The molecule has 1 saturated heterocycles. The topological polar surface area (TPSA) is 23.5 Å². The molecule has 0 aromatic rings. The summed E-state index contributed by atoms with van der Waals surface area (Å²) in [5, 5.41) is 8.95. The van der Waals surface area contributed by atoms with E-state index < -0.39 is 0 Å². The fourth-order valence-electron chi connectivity index (χ4n) is 1.03. The van der Waals surface area contributed by atoms with Gasteiger partial charge in [0, 0.05) is 6.54 Å². The van der Waals surface area contributed by atoms with Crippen LogP contribution in [0, 0.1) is 0 Å². The Morgan fingerprint density at radius 1 is 1.75 bits per heavy atom. The molecule has 0 aliphatic carbocycles. The SMILES string of the molecule is [B]N1C[C@H](O)C[C@H]1C. The van der Waals surface area contributed by atoms with Crippen LogP contribution in [0.4, 0.5) is 0 Å². The molecule has 0 unspecified atom stereocenters. The van der Waals surface area contributed by atoms with E-state index in [1.165, 1.54) is 0 Å². The highest BCUT2D eigenvalue weighted by molar-refractivity contribution is 6.04. The first kappa shape index (κ1) is 6.11. The molecule has 0 spiro atoms. The van der Waals surface area contributed by atoms with E-state index in [4.69, 9.17) is 13.1 Å². The van der Waals surface area contributed by atoms with Gasteiger partial charge in [0.15, 0.2) is 7.98 Å². The van der Waals surface area contributed by atoms with Gasteiger partial charge in [-0.05, 0) is 12.5 Å². The van der Waals surface area contributed by atoms with E-state index in [1.54, 1.807) is 4.81 Å². The monoisotopic (exact) mass is 111 g/mol. The zero-order valence-corrected chi connectivity index (χ0v) is 5.04. The maximum Gasteiger partial charge on any atom is 0.182 e. The van der Waals surface area contributed by atoms with Gasteiger partial charge in [0.2, 0.25) is 0 Å². The minimum atomic E-state index is -0.199. The molecule has 0 aromatic heterocycles. The molecule has 1 heterocycles. The maximum atomic E-state index is 8.95. The number of hydrogen-bond acceptors (Lipinski definition) is 2. The Bertz CT molecular complexity index is 78.5. The quantitative estimate of drug-likeness (QED) is 0.427. The molecule has 2 radical (unpaired) electrons. The predicted octanol–water partition coefficient (Wildman–Crippen LogP) is -0.475. The van der Waals surface area contributed by atoms with Gasteiger partial charge in [-0.2, -0.15) is 0 Å². The van der Waals surface area contributed by atoms with Crippen molar-refractivity contribution < 1.29 is 5.11 Å². The third kappa shape index (κ3) is 1.04. The molecule has 1 rings (SSSR count). The van der Waals surface area contributed by atoms with Gasteiger partial charge in [0.05, 0.1) is 6.10 Å². The summed E-state index contributed by atoms with van der Waals surface area (Å²) < 4.78 is 0. The van der Waals surface area contributed by atoms with Crippen LogP contribution in [0.5, 0.6) is 0 Å². The average molecular weight is 111 g/mol. The Balaban J connectivity index is 2.39. The Morgan fingerprint density at radius 2 is 2.38 bits per heavy atom. The summed E-state index contributed by atoms with van der Waals surface area (Å²) in [6.07, 6.45) is 0.617. The van der Waals surface area contributed by atoms with Gasteiger partial charge in [-0.25, -0.2) is 0 Å². The Hall–Kier alpha value is -0.0151. The summed E-state index contributed by atoms with van der Waals surface area (Å²) >= 11 is 0. The summed E-state index contributed by atoms with van der Waals surface area (Å²) in [5.41, 5.74) is 0. The van der Waals surface area contributed by atoms with Crippen LogP contribution in [-0.4, -0.2) is 36.6 Å². The molecule has 1 aliphatic heterocycles. The molecular weight excluding hydrogens is 101 g/mol. The molecule has 44 valence electrons. The number of aliphatic hydroxyl groups is 1. The lowest BCUT2D eigenvalue weighted by atomic mass is 10.2. The van der Waals surface area contributed by atoms with Gasteiger partial charge in [-0.15, -0.1) is 0 Å². The van der Waals surface area contributed by atoms with Gasteiger partial charge < -0.3 is 9.92 Å². The lowest BCUT2D eigenvalue weighted by Crippen LogP contribution is -2.23. The van der Waals surface area contributed by atoms with E-state index in [2.05, 4.69) is 0 Å². The van der Waals surface area contributed by atoms with Crippen molar-refractivity contribution in [3.63, 3.8) is 0 Å². The van der Waals surface area contributed by atoms with Crippen molar-refractivity contribution in [3.8, 4) is 0 Å². The molecule has 0 saturated carbocycles. The van der Waals surface area contributed by atoms with Crippen molar-refractivity contribution in [2.45, 2.75) is 25.5 Å². The molecule has 0 amide bonds. The summed E-state index contributed by atoms with van der Waals surface area (Å²) in [6, 6.07) is 0.352. The van der Waals surface area contributed by atoms with Crippen molar-refractivity contribution >= 4 is 7.98 Å². The van der Waals surface area contributed by atoms with Gasteiger partial charge in [0.1, 0.15) is 0 Å². The summed E-state index contributed by atoms with van der Waals surface area (Å²) in [6.45, 7) is 2.64. The first-order valence-corrected chi connectivity index (χ1v) is 2.89. The molecule has 3 heteroatoms. The van der Waals surface area contributed by atoms with Gasteiger partial charge in [-0.3, -0.25) is 0 Å². The van der Waals surface area contributed by atoms with E-state index in [0.717, 1.165) is 6.42 Å². The molecule has 0 aromatic carbocycles. The van der Waals surface area contributed by atoms with Crippen LogP contribution >= 0.6 is 0 Å². The van der Waals surface area contributed by atoms with Crippen molar-refractivity contribution in [2.75, 3.05) is 6.54 Å². The van der Waals surface area contributed by atoms with E-state index in [1.807, 2.05) is 6.92 Å². The van der Waals surface area contributed by atoms with E-state index in [9.17, 15) is 0 Å². The molecule has 0 bridgehead atoms. The maximum absolute atomic E-state index is 8.95. The van der Waals surface area contributed by atoms with Crippen molar-refractivity contribution in [1.82, 2.24) is 4.81 Å². The number of β-amino-alcohol motifs (C(OH)–C–C–N with tert-alkyl or cyclic N) is 1. The fourth-order valence-corrected chi connectivity index (χ4v) is 1.03. The summed E-state index contributed by atoms with van der Waals surface area (Å²) in [4.78, 5) is 1.67. The van der Waals surface area contributed by atoms with E-state index in [0.29, 0.717) is 12.6 Å². The zero-order chi connectivity index (χ0) is 6.15. The normalized spacial score (nSPS) is 40.8. The van der Waals surface area contributed by atoms with Crippen LogP contribution in [0.2, 0.25) is 0 Å². The van der Waals surface area contributed by atoms with Gasteiger partial charge >= 0.3 is 0 Å². The summed E-state index contributed by atoms with van der Waals surface area (Å²) in [7, 11) is 5.44. The minimum Gasteiger partial charge on any atom is -0.392 e. The first-order valence-electron chi connectivity index (χ1n) is 2.89. The number of nitrogens with zero attached hydrogens (tertiary/aromatic N) is 1. The minimum absolute atomic E-state index is 0.199. The third-order valence-corrected chi connectivity index (χ3v) is 1.60. The summed E-state index contributed by atoms with van der Waals surface area (Å²) in [5.74, 6) is 0. The lowest BCUT2D eigenvalue weighted by Gasteiger charge is -2.12. The van der Waals surface area contributed by atoms with E-state index in [-0.39, 0.29) is 6.10 Å². The highest BCUT2D eigenvalue weighted by Gasteiger charge is 2.22. The molecule has 8 heavy (non-hydrogen) atoms. The lowest BCUT2D eigenvalue weighted by molar-refractivity contribution is 0.189. The zero-order valence-electron chi connectivity index (χ0n) is 5.04. The predicted molar refractivity (Wildman–Crippen MR) is 32.5 cm³/mol. The Kier molecular flexibility index (Phi) is 1.58. The van der Waals surface area contributed by atoms with Crippen molar-refractivity contribution in [2.24, 2.45) is 0 Å². The fraction of sp³-hybridized carbons (Fsp3) is 1.00.